The summed E-state index contributed by atoms with van der Waals surface area (Å²) >= 11 is 0. The van der Waals surface area contributed by atoms with Crippen molar-refractivity contribution >= 4 is 42.2 Å². The smallest absolute Gasteiger partial charge is 0.211 e. The van der Waals surface area contributed by atoms with Crippen LogP contribution in [0.4, 0.5) is 0 Å². The number of hydrogen-bond acceptors (Lipinski definition) is 8. The number of rotatable bonds is 12. The molecular weight excluding hydrogens is 532 g/mol. The molecule has 0 aliphatic heterocycles. The molecule has 0 saturated heterocycles. The summed E-state index contributed by atoms with van der Waals surface area (Å²) in [5, 5.41) is 22.4. The van der Waals surface area contributed by atoms with Gasteiger partial charge in [0.15, 0.2) is 5.78 Å². The van der Waals surface area contributed by atoms with E-state index in [0.717, 1.165) is 40.7 Å². The number of amidine groups is 1. The van der Waals surface area contributed by atoms with Gasteiger partial charge < -0.3 is 34.4 Å². The lowest BCUT2D eigenvalue weighted by atomic mass is 9.97. The fourth-order valence-electron chi connectivity index (χ4n) is 3.60. The fourth-order valence-corrected chi connectivity index (χ4v) is 3.60. The highest BCUT2D eigenvalue weighted by Gasteiger charge is 2.06. The molecule has 0 atom stereocenters. The third-order valence-corrected chi connectivity index (χ3v) is 5.11. The van der Waals surface area contributed by atoms with E-state index in [9.17, 15) is 4.79 Å². The van der Waals surface area contributed by atoms with Crippen LogP contribution in [0.1, 0.15) is 72.8 Å². The predicted octanol–water partition coefficient (Wildman–Crippen LogP) is 1.84. The van der Waals surface area contributed by atoms with Gasteiger partial charge in [-0.05, 0) is 77.6 Å². The second-order valence-electron chi connectivity index (χ2n) is 10.3. The number of nitrogens with zero attached hydrogens (tertiary/aromatic N) is 6. The van der Waals surface area contributed by atoms with E-state index in [0.29, 0.717) is 17.4 Å². The number of carbonyl (C=O) groups is 1. The molecule has 0 unspecified atom stereocenters. The van der Waals surface area contributed by atoms with Gasteiger partial charge in [-0.3, -0.25) is 4.79 Å². The summed E-state index contributed by atoms with van der Waals surface area (Å²) in [5.41, 5.74) is 37.2. The van der Waals surface area contributed by atoms with Gasteiger partial charge in [0.05, 0.1) is 25.2 Å². The molecule has 13 nitrogen and oxygen atoms in total. The van der Waals surface area contributed by atoms with Crippen molar-refractivity contribution in [1.82, 2.24) is 0 Å². The lowest BCUT2D eigenvalue weighted by Crippen LogP contribution is -2.22. The Kier molecular flexibility index (Phi) is 15.4. The zero-order chi connectivity index (χ0) is 31.7. The Hall–Kier alpha value is -4.91. The van der Waals surface area contributed by atoms with E-state index in [2.05, 4.69) is 58.3 Å². The highest BCUT2D eigenvalue weighted by molar-refractivity contribution is 5.96. The zero-order valence-corrected chi connectivity index (χ0v) is 25.0. The van der Waals surface area contributed by atoms with Crippen molar-refractivity contribution < 1.29 is 4.79 Å². The van der Waals surface area contributed by atoms with E-state index < -0.39 is 0 Å². The summed E-state index contributed by atoms with van der Waals surface area (Å²) < 4.78 is 0. The van der Waals surface area contributed by atoms with E-state index in [4.69, 9.17) is 34.4 Å². The number of hydrogen-bond donors (Lipinski definition) is 6. The van der Waals surface area contributed by atoms with Crippen molar-refractivity contribution in [2.75, 3.05) is 6.54 Å². The molecule has 2 aromatic rings. The summed E-state index contributed by atoms with van der Waals surface area (Å²) in [6, 6.07) is 11.6. The van der Waals surface area contributed by atoms with Gasteiger partial charge in [0.25, 0.3) is 0 Å². The Balaban J connectivity index is 0.000000422. The maximum atomic E-state index is 11.6. The molecule has 0 saturated carbocycles. The van der Waals surface area contributed by atoms with Crippen molar-refractivity contribution in [3.8, 4) is 0 Å². The van der Waals surface area contributed by atoms with Crippen molar-refractivity contribution in [2.24, 2.45) is 76.8 Å². The van der Waals surface area contributed by atoms with Crippen LogP contribution < -0.4 is 34.4 Å². The zero-order valence-electron chi connectivity index (χ0n) is 25.0. The van der Waals surface area contributed by atoms with Gasteiger partial charge in [0.1, 0.15) is 5.84 Å². The topological polar surface area (TPSA) is 247 Å². The minimum absolute atomic E-state index is 0.0372. The van der Waals surface area contributed by atoms with Crippen molar-refractivity contribution in [2.45, 2.75) is 47.5 Å². The third-order valence-electron chi connectivity index (χ3n) is 5.11. The summed E-state index contributed by atoms with van der Waals surface area (Å²) in [4.78, 5) is 11.6. The van der Waals surface area contributed by atoms with Crippen molar-refractivity contribution in [1.29, 1.82) is 0 Å². The third kappa shape index (κ3) is 15.6. The number of guanidine groups is 2. The van der Waals surface area contributed by atoms with Gasteiger partial charge in [-0.15, -0.1) is 15.3 Å². The standard InChI is InChI=1S/C15H22N4O.C14H22N8/c1-10(2)4-12-5-13(7-14(6-12)11(3)20)9-18-19-15(17)8-16;1-9(2)3-10-4-11(7-19-21-13(15)16)6-12(5-10)8-20-22-14(17)18/h5-7,9-10H,4,8,16H2,1-3H3,(H2,17,19);4-9H,3H2,1-2H3,(H4,15,16,21)(H4,17,18,22)/b18-9-;19-7-,20-8+. The predicted molar refractivity (Wildman–Crippen MR) is 175 cm³/mol. The Morgan fingerprint density at radius 2 is 1.07 bits per heavy atom. The Morgan fingerprint density at radius 1 is 0.667 bits per heavy atom. The molecule has 0 radical (unpaired) electrons. The number of benzene rings is 2. The van der Waals surface area contributed by atoms with Crippen LogP contribution in [0.5, 0.6) is 0 Å². The molecular formula is C29H44N12O. The quantitative estimate of drug-likeness (QED) is 0.0945. The minimum atomic E-state index is -0.0934. The molecule has 2 rings (SSSR count). The van der Waals surface area contributed by atoms with E-state index in [1.807, 2.05) is 30.3 Å². The van der Waals surface area contributed by atoms with Crippen LogP contribution in [0.25, 0.3) is 0 Å². The molecule has 42 heavy (non-hydrogen) atoms. The molecule has 226 valence electrons. The molecule has 0 aromatic heterocycles. The first kappa shape index (κ1) is 35.1. The largest absolute Gasteiger partial charge is 0.385 e. The van der Waals surface area contributed by atoms with Gasteiger partial charge >= 0.3 is 0 Å². The molecule has 0 heterocycles. The summed E-state index contributed by atoms with van der Waals surface area (Å²) in [6.07, 6.45) is 6.56. The molecule has 0 amide bonds. The lowest BCUT2D eigenvalue weighted by Gasteiger charge is -2.08. The van der Waals surface area contributed by atoms with Crippen LogP contribution in [0.3, 0.4) is 0 Å². The highest BCUT2D eigenvalue weighted by Crippen LogP contribution is 2.15. The normalized spacial score (nSPS) is 11.8. The SMILES string of the molecule is CC(=O)c1cc(/C=N\N=C(N)CN)cc(CC(C)C)c1.CC(C)Cc1cc(/C=N\N=C(N)N)cc(/C=N/N=C(N)N)c1. The molecule has 0 fully saturated rings. The van der Waals surface area contributed by atoms with Gasteiger partial charge in [-0.2, -0.15) is 15.3 Å². The number of ketones is 1. The maximum absolute atomic E-state index is 11.6. The molecule has 0 spiro atoms. The second-order valence-corrected chi connectivity index (χ2v) is 10.3. The average Bonchev–Trinajstić information content (AvgIpc) is 2.87. The average molecular weight is 577 g/mol. The van der Waals surface area contributed by atoms with Gasteiger partial charge in [0.2, 0.25) is 11.9 Å². The number of Topliss-reactive ketones (excluding diaryl/α,β-unsaturated/α-hetero) is 1. The Bertz CT molecular complexity index is 1300. The second kappa shape index (κ2) is 18.4. The first-order chi connectivity index (χ1) is 19.8. The van der Waals surface area contributed by atoms with Crippen LogP contribution in [0.2, 0.25) is 0 Å². The number of nitrogens with two attached hydrogens (primary N) is 6. The highest BCUT2D eigenvalue weighted by atomic mass is 16.1. The molecule has 13 heteroatoms. The van der Waals surface area contributed by atoms with Crippen LogP contribution in [0.15, 0.2) is 67.0 Å². The minimum Gasteiger partial charge on any atom is -0.385 e. The monoisotopic (exact) mass is 576 g/mol. The van der Waals surface area contributed by atoms with Crippen molar-refractivity contribution in [3.63, 3.8) is 0 Å². The molecule has 0 aliphatic rings. The molecule has 0 aliphatic carbocycles. The first-order valence-electron chi connectivity index (χ1n) is 13.4. The van der Waals surface area contributed by atoms with Gasteiger partial charge in [0, 0.05) is 5.56 Å². The van der Waals surface area contributed by atoms with Crippen LogP contribution in [-0.2, 0) is 12.8 Å². The van der Waals surface area contributed by atoms with E-state index >= 15 is 0 Å². The number of carbonyl (C=O) groups excluding carboxylic acids is 1. The van der Waals surface area contributed by atoms with Crippen LogP contribution in [-0.4, -0.2) is 48.7 Å². The summed E-state index contributed by atoms with van der Waals surface area (Å²) in [7, 11) is 0. The van der Waals surface area contributed by atoms with Crippen LogP contribution in [0, 0.1) is 11.8 Å². The summed E-state index contributed by atoms with van der Waals surface area (Å²) in [5.74, 6) is 1.16. The van der Waals surface area contributed by atoms with Gasteiger partial charge in [-0.25, -0.2) is 0 Å². The maximum Gasteiger partial charge on any atom is 0.211 e. The fraction of sp³-hybridized carbons (Fsp3) is 0.345. The Morgan fingerprint density at radius 3 is 1.45 bits per heavy atom. The van der Waals surface area contributed by atoms with E-state index in [1.54, 1.807) is 31.6 Å². The van der Waals surface area contributed by atoms with Crippen molar-refractivity contribution in [3.05, 3.63) is 69.8 Å². The first-order valence-corrected chi connectivity index (χ1v) is 13.4. The molecule has 12 N–H and O–H groups in total. The Labute approximate surface area is 247 Å². The van der Waals surface area contributed by atoms with E-state index in [1.165, 1.54) is 0 Å². The van der Waals surface area contributed by atoms with Gasteiger partial charge in [-0.1, -0.05) is 45.9 Å². The van der Waals surface area contributed by atoms with Crippen LogP contribution >= 0.6 is 0 Å². The molecule has 2 aromatic carbocycles. The molecule has 0 bridgehead atoms. The van der Waals surface area contributed by atoms with E-state index in [-0.39, 0.29) is 30.1 Å². The lowest BCUT2D eigenvalue weighted by molar-refractivity contribution is 0.101. The summed E-state index contributed by atoms with van der Waals surface area (Å²) in [6.45, 7) is 10.3.